The van der Waals surface area contributed by atoms with Crippen LogP contribution in [0.3, 0.4) is 0 Å². The van der Waals surface area contributed by atoms with Crippen LogP contribution in [-0.2, 0) is 4.79 Å². The highest BCUT2D eigenvalue weighted by Crippen LogP contribution is 2.23. The molecule has 1 atom stereocenters. The van der Waals surface area contributed by atoms with Gasteiger partial charge in [0.25, 0.3) is 5.91 Å². The van der Waals surface area contributed by atoms with Gasteiger partial charge in [-0.3, -0.25) is 9.59 Å². The molecule has 1 fully saturated rings. The first kappa shape index (κ1) is 15.3. The molecule has 0 radical (unpaired) electrons. The van der Waals surface area contributed by atoms with E-state index in [1.807, 2.05) is 54.6 Å². The first-order chi connectivity index (χ1) is 11.1. The van der Waals surface area contributed by atoms with Gasteiger partial charge in [0, 0.05) is 31.6 Å². The summed E-state index contributed by atoms with van der Waals surface area (Å²) in [5, 5.41) is 3.06. The number of piperidine rings is 1. The molecule has 1 aliphatic heterocycles. The number of carbonyl (C=O) groups is 2. The number of carbonyl (C=O) groups excluding carboxylic acids is 2. The lowest BCUT2D eigenvalue weighted by Crippen LogP contribution is -2.48. The molecule has 23 heavy (non-hydrogen) atoms. The van der Waals surface area contributed by atoms with E-state index in [-0.39, 0.29) is 17.9 Å². The van der Waals surface area contributed by atoms with Crippen molar-refractivity contribution < 1.29 is 9.59 Å². The second kappa shape index (κ2) is 6.65. The number of likely N-dealkylation sites (N-methyl/N-ethyl adjacent to an activating group) is 1. The Morgan fingerprint density at radius 2 is 1.78 bits per heavy atom. The van der Waals surface area contributed by atoms with Crippen LogP contribution in [0.2, 0.25) is 0 Å². The Kier molecular flexibility index (Phi) is 4.42. The van der Waals surface area contributed by atoms with Crippen LogP contribution in [0.4, 0.5) is 0 Å². The third-order valence-corrected chi connectivity index (χ3v) is 4.22. The monoisotopic (exact) mass is 308 g/mol. The number of hydrogen-bond donors (Lipinski definition) is 1. The van der Waals surface area contributed by atoms with Crippen molar-refractivity contribution in [2.75, 3.05) is 13.6 Å². The summed E-state index contributed by atoms with van der Waals surface area (Å²) in [4.78, 5) is 25.9. The maximum absolute atomic E-state index is 12.7. The smallest absolute Gasteiger partial charge is 0.252 e. The van der Waals surface area contributed by atoms with E-state index in [0.717, 1.165) is 11.1 Å². The molecular weight excluding hydrogens is 288 g/mol. The number of amides is 2. The SMILES string of the molecule is CN1C[C@H](NC(=O)c2ccccc2-c2ccccc2)CCC1=O. The van der Waals surface area contributed by atoms with Gasteiger partial charge < -0.3 is 10.2 Å². The molecule has 2 aromatic carbocycles. The van der Waals surface area contributed by atoms with Gasteiger partial charge in [0.1, 0.15) is 0 Å². The van der Waals surface area contributed by atoms with Crippen LogP contribution < -0.4 is 5.32 Å². The third-order valence-electron chi connectivity index (χ3n) is 4.22. The van der Waals surface area contributed by atoms with E-state index in [9.17, 15) is 9.59 Å². The van der Waals surface area contributed by atoms with Crippen molar-refractivity contribution in [3.05, 3.63) is 60.2 Å². The normalized spacial score (nSPS) is 17.9. The van der Waals surface area contributed by atoms with Gasteiger partial charge in [-0.25, -0.2) is 0 Å². The zero-order chi connectivity index (χ0) is 16.2. The largest absolute Gasteiger partial charge is 0.347 e. The fourth-order valence-electron chi connectivity index (χ4n) is 2.94. The predicted octanol–water partition coefficient (Wildman–Crippen LogP) is 2.70. The van der Waals surface area contributed by atoms with E-state index in [2.05, 4.69) is 5.32 Å². The minimum atomic E-state index is -0.0859. The number of benzene rings is 2. The molecule has 1 heterocycles. The maximum atomic E-state index is 12.7. The van der Waals surface area contributed by atoms with Gasteiger partial charge in [0.05, 0.1) is 0 Å². The molecular formula is C19H20N2O2. The highest BCUT2D eigenvalue weighted by atomic mass is 16.2. The van der Waals surface area contributed by atoms with E-state index in [0.29, 0.717) is 24.9 Å². The minimum Gasteiger partial charge on any atom is -0.347 e. The quantitative estimate of drug-likeness (QED) is 0.948. The average Bonchev–Trinajstić information content (AvgIpc) is 2.59. The standard InChI is InChI=1S/C19H20N2O2/c1-21-13-15(11-12-18(21)22)20-19(23)17-10-6-5-9-16(17)14-7-3-2-4-8-14/h2-10,15H,11-13H2,1H3,(H,20,23)/t15-/m1/s1. The summed E-state index contributed by atoms with van der Waals surface area (Å²) in [6.45, 7) is 0.568. The first-order valence-corrected chi connectivity index (χ1v) is 7.84. The van der Waals surface area contributed by atoms with Crippen LogP contribution in [-0.4, -0.2) is 36.3 Å². The summed E-state index contributed by atoms with van der Waals surface area (Å²) in [5.41, 5.74) is 2.61. The molecule has 0 saturated carbocycles. The molecule has 0 unspecified atom stereocenters. The lowest BCUT2D eigenvalue weighted by atomic mass is 9.98. The Bertz CT molecular complexity index is 712. The van der Waals surface area contributed by atoms with Crippen LogP contribution in [0, 0.1) is 0 Å². The first-order valence-electron chi connectivity index (χ1n) is 7.84. The molecule has 0 spiro atoms. The maximum Gasteiger partial charge on any atom is 0.252 e. The molecule has 118 valence electrons. The third kappa shape index (κ3) is 3.42. The number of hydrogen-bond acceptors (Lipinski definition) is 2. The topological polar surface area (TPSA) is 49.4 Å². The highest BCUT2D eigenvalue weighted by Gasteiger charge is 2.25. The van der Waals surface area contributed by atoms with Crippen molar-refractivity contribution in [2.45, 2.75) is 18.9 Å². The Hall–Kier alpha value is -2.62. The van der Waals surface area contributed by atoms with E-state index >= 15 is 0 Å². The Labute approximate surface area is 136 Å². The van der Waals surface area contributed by atoms with E-state index in [4.69, 9.17) is 0 Å². The highest BCUT2D eigenvalue weighted by molar-refractivity contribution is 6.01. The molecule has 2 amide bonds. The molecule has 0 aromatic heterocycles. The predicted molar refractivity (Wildman–Crippen MR) is 90.0 cm³/mol. The fraction of sp³-hybridized carbons (Fsp3) is 0.263. The van der Waals surface area contributed by atoms with Gasteiger partial charge in [-0.1, -0.05) is 48.5 Å². The number of rotatable bonds is 3. The number of nitrogens with zero attached hydrogens (tertiary/aromatic N) is 1. The van der Waals surface area contributed by atoms with Crippen LogP contribution in [0.15, 0.2) is 54.6 Å². The number of nitrogens with one attached hydrogen (secondary N) is 1. The van der Waals surface area contributed by atoms with Gasteiger partial charge in [-0.15, -0.1) is 0 Å². The number of likely N-dealkylation sites (tertiary alicyclic amines) is 1. The summed E-state index contributed by atoms with van der Waals surface area (Å²) in [6.07, 6.45) is 1.18. The van der Waals surface area contributed by atoms with Crippen molar-refractivity contribution in [1.82, 2.24) is 10.2 Å². The van der Waals surface area contributed by atoms with Crippen LogP contribution >= 0.6 is 0 Å². The fourth-order valence-corrected chi connectivity index (χ4v) is 2.94. The second-order valence-electron chi connectivity index (χ2n) is 5.89. The molecule has 2 aromatic rings. The van der Waals surface area contributed by atoms with Crippen molar-refractivity contribution in [2.24, 2.45) is 0 Å². The molecule has 4 nitrogen and oxygen atoms in total. The zero-order valence-corrected chi connectivity index (χ0v) is 13.2. The van der Waals surface area contributed by atoms with Gasteiger partial charge in [0.2, 0.25) is 5.91 Å². The molecule has 4 heteroatoms. The Morgan fingerprint density at radius 3 is 2.52 bits per heavy atom. The second-order valence-corrected chi connectivity index (χ2v) is 5.89. The minimum absolute atomic E-state index is 0.00836. The van der Waals surface area contributed by atoms with Crippen LogP contribution in [0.1, 0.15) is 23.2 Å². The van der Waals surface area contributed by atoms with Crippen molar-refractivity contribution in [3.8, 4) is 11.1 Å². The van der Waals surface area contributed by atoms with Gasteiger partial charge in [0.15, 0.2) is 0 Å². The average molecular weight is 308 g/mol. The van der Waals surface area contributed by atoms with Gasteiger partial charge >= 0.3 is 0 Å². The van der Waals surface area contributed by atoms with E-state index in [1.165, 1.54) is 0 Å². The molecule has 3 rings (SSSR count). The Morgan fingerprint density at radius 1 is 1.09 bits per heavy atom. The lowest BCUT2D eigenvalue weighted by molar-refractivity contribution is -0.132. The summed E-state index contributed by atoms with van der Waals surface area (Å²) >= 11 is 0. The molecule has 0 bridgehead atoms. The molecule has 0 aliphatic carbocycles. The molecule has 1 aliphatic rings. The van der Waals surface area contributed by atoms with Gasteiger partial charge in [-0.05, 0) is 23.6 Å². The summed E-state index contributed by atoms with van der Waals surface area (Å²) < 4.78 is 0. The molecule has 1 N–H and O–H groups in total. The van der Waals surface area contributed by atoms with Crippen molar-refractivity contribution in [1.29, 1.82) is 0 Å². The van der Waals surface area contributed by atoms with E-state index in [1.54, 1.807) is 11.9 Å². The Balaban J connectivity index is 1.79. The van der Waals surface area contributed by atoms with Crippen molar-refractivity contribution in [3.63, 3.8) is 0 Å². The lowest BCUT2D eigenvalue weighted by Gasteiger charge is -2.30. The molecule has 1 saturated heterocycles. The van der Waals surface area contributed by atoms with E-state index < -0.39 is 0 Å². The zero-order valence-electron chi connectivity index (χ0n) is 13.2. The van der Waals surface area contributed by atoms with Crippen LogP contribution in [0.5, 0.6) is 0 Å². The summed E-state index contributed by atoms with van der Waals surface area (Å²) in [6, 6.07) is 17.5. The summed E-state index contributed by atoms with van der Waals surface area (Å²) in [5.74, 6) is 0.0531. The summed E-state index contributed by atoms with van der Waals surface area (Å²) in [7, 11) is 1.78. The van der Waals surface area contributed by atoms with Crippen LogP contribution in [0.25, 0.3) is 11.1 Å². The van der Waals surface area contributed by atoms with Gasteiger partial charge in [-0.2, -0.15) is 0 Å². The van der Waals surface area contributed by atoms with Crippen molar-refractivity contribution >= 4 is 11.8 Å².